The second kappa shape index (κ2) is 12.6. The van der Waals surface area contributed by atoms with Gasteiger partial charge in [-0.3, -0.25) is 0 Å². The minimum Gasteiger partial charge on any atom is -0.398 e. The lowest BCUT2D eigenvalue weighted by molar-refractivity contribution is 0.612. The van der Waals surface area contributed by atoms with Crippen LogP contribution in [0.4, 0.5) is 10.1 Å². The van der Waals surface area contributed by atoms with E-state index >= 15 is 0 Å². The van der Waals surface area contributed by atoms with Gasteiger partial charge >= 0.3 is 0 Å². The van der Waals surface area contributed by atoms with Crippen molar-refractivity contribution in [2.24, 2.45) is 0 Å². The Bertz CT molecular complexity index is 1040. The van der Waals surface area contributed by atoms with Crippen molar-refractivity contribution in [1.29, 1.82) is 5.41 Å². The first-order valence-electron chi connectivity index (χ1n) is 11.0. The Morgan fingerprint density at radius 3 is 2.56 bits per heavy atom. The molecule has 0 atom stereocenters. The van der Waals surface area contributed by atoms with Gasteiger partial charge in [-0.15, -0.1) is 0 Å². The number of rotatable bonds is 8. The lowest BCUT2D eigenvalue weighted by Crippen LogP contribution is -2.08. The van der Waals surface area contributed by atoms with E-state index in [1.54, 1.807) is 30.4 Å². The van der Waals surface area contributed by atoms with E-state index in [2.05, 4.69) is 30.1 Å². The van der Waals surface area contributed by atoms with Crippen LogP contribution in [0.2, 0.25) is 0 Å². The smallest absolute Gasteiger partial charge is 0.126 e. The first kappa shape index (κ1) is 25.0. The van der Waals surface area contributed by atoms with Crippen LogP contribution >= 0.6 is 0 Å². The third kappa shape index (κ3) is 6.63. The fourth-order valence-electron chi connectivity index (χ4n) is 3.64. The predicted molar refractivity (Wildman–Crippen MR) is 138 cm³/mol. The minimum atomic E-state index is -0.214. The first-order chi connectivity index (χ1) is 15.4. The summed E-state index contributed by atoms with van der Waals surface area (Å²) in [4.78, 5) is 0. The van der Waals surface area contributed by atoms with Crippen LogP contribution in [0.5, 0.6) is 0 Å². The van der Waals surface area contributed by atoms with Crippen molar-refractivity contribution in [2.75, 3.05) is 19.3 Å². The van der Waals surface area contributed by atoms with Crippen molar-refractivity contribution in [3.8, 4) is 0 Å². The van der Waals surface area contributed by atoms with Gasteiger partial charge in [0, 0.05) is 17.8 Å². The fraction of sp³-hybridized carbons (Fsp3) is 0.250. The molecule has 2 aromatic rings. The number of nitrogen functional groups attached to an aromatic ring is 1. The largest absolute Gasteiger partial charge is 0.398 e. The Morgan fingerprint density at radius 1 is 1.22 bits per heavy atom. The SMILES string of the molecule is C=Cc1ccc(N)c(C(=N)/C=C/c2ccc(CC)c(F)c2)c1CC.CNCC1=CC=CC1. The normalized spacial score (nSPS) is 12.4. The highest BCUT2D eigenvalue weighted by molar-refractivity contribution is 6.13. The lowest BCUT2D eigenvalue weighted by Gasteiger charge is -2.13. The average molecular weight is 432 g/mol. The molecule has 0 saturated heterocycles. The number of benzene rings is 2. The van der Waals surface area contributed by atoms with Gasteiger partial charge in [-0.1, -0.05) is 74.6 Å². The number of likely N-dealkylation sites (N-methyl/N-ethyl adjacent to an activating group) is 1. The Kier molecular flexibility index (Phi) is 9.83. The van der Waals surface area contributed by atoms with Crippen LogP contribution in [0.25, 0.3) is 12.2 Å². The molecule has 4 N–H and O–H groups in total. The molecule has 1 aliphatic rings. The first-order valence-corrected chi connectivity index (χ1v) is 11.0. The number of aryl methyl sites for hydroxylation is 1. The van der Waals surface area contributed by atoms with Crippen molar-refractivity contribution in [2.45, 2.75) is 33.1 Å². The molecule has 3 rings (SSSR count). The molecule has 0 heterocycles. The maximum atomic E-state index is 13.9. The zero-order chi connectivity index (χ0) is 23.5. The summed E-state index contributed by atoms with van der Waals surface area (Å²) in [5, 5.41) is 11.5. The van der Waals surface area contributed by atoms with Crippen LogP contribution in [-0.4, -0.2) is 19.3 Å². The van der Waals surface area contributed by atoms with Crippen molar-refractivity contribution >= 4 is 23.6 Å². The Labute approximate surface area is 191 Å². The molecule has 0 radical (unpaired) electrons. The zero-order valence-electron chi connectivity index (χ0n) is 19.3. The molecular formula is C28H34FN3. The third-order valence-corrected chi connectivity index (χ3v) is 5.38. The van der Waals surface area contributed by atoms with Gasteiger partial charge in [-0.25, -0.2) is 4.39 Å². The van der Waals surface area contributed by atoms with E-state index in [-0.39, 0.29) is 5.82 Å². The van der Waals surface area contributed by atoms with Crippen LogP contribution in [0.3, 0.4) is 0 Å². The fourth-order valence-corrected chi connectivity index (χ4v) is 3.64. The summed E-state index contributed by atoms with van der Waals surface area (Å²) in [6.45, 7) is 8.80. The topological polar surface area (TPSA) is 61.9 Å². The Morgan fingerprint density at radius 2 is 2.00 bits per heavy atom. The van der Waals surface area contributed by atoms with Gasteiger partial charge < -0.3 is 16.5 Å². The van der Waals surface area contributed by atoms with E-state index in [4.69, 9.17) is 11.1 Å². The third-order valence-electron chi connectivity index (χ3n) is 5.38. The highest BCUT2D eigenvalue weighted by atomic mass is 19.1. The number of allylic oxidation sites excluding steroid dienone is 4. The number of nitrogens with two attached hydrogens (primary N) is 1. The molecule has 0 aliphatic heterocycles. The monoisotopic (exact) mass is 431 g/mol. The van der Waals surface area contributed by atoms with E-state index < -0.39 is 0 Å². The van der Waals surface area contributed by atoms with Crippen molar-refractivity contribution in [3.63, 3.8) is 0 Å². The molecule has 0 fully saturated rings. The van der Waals surface area contributed by atoms with E-state index in [0.717, 1.165) is 41.6 Å². The van der Waals surface area contributed by atoms with Crippen LogP contribution in [-0.2, 0) is 12.8 Å². The standard InChI is InChI=1S/C21H23FN2.C7H11N/c1-4-15-10-12-20(24)21(17(15)6-3)19(23)11-8-14-7-9-16(5-2)18(22)13-14;1-8-6-7-4-2-3-5-7/h4,7-13,23H,1,5-6,24H2,2-3H3;2-4,8H,5-6H2,1H3/b11-8+,23-19?;. The van der Waals surface area contributed by atoms with Gasteiger partial charge in [0.05, 0.1) is 5.71 Å². The van der Waals surface area contributed by atoms with Crippen molar-refractivity contribution in [1.82, 2.24) is 5.32 Å². The van der Waals surface area contributed by atoms with Gasteiger partial charge in [0.15, 0.2) is 0 Å². The van der Waals surface area contributed by atoms with Crippen LogP contribution < -0.4 is 11.1 Å². The molecule has 0 spiro atoms. The maximum absolute atomic E-state index is 13.9. The van der Waals surface area contributed by atoms with Gasteiger partial charge in [0.25, 0.3) is 0 Å². The molecule has 0 unspecified atom stereocenters. The molecular weight excluding hydrogens is 397 g/mol. The summed E-state index contributed by atoms with van der Waals surface area (Å²) in [6, 6.07) is 8.84. The Hall–Kier alpha value is -3.24. The number of anilines is 1. The summed E-state index contributed by atoms with van der Waals surface area (Å²) in [6.07, 6.45) is 14.2. The second-order valence-corrected chi connectivity index (χ2v) is 7.59. The summed E-state index contributed by atoms with van der Waals surface area (Å²) in [5.74, 6) is -0.214. The molecule has 1 aliphatic carbocycles. The van der Waals surface area contributed by atoms with Gasteiger partial charge in [-0.05, 0) is 66.8 Å². The van der Waals surface area contributed by atoms with E-state index in [1.807, 2.05) is 33.0 Å². The van der Waals surface area contributed by atoms with E-state index in [0.29, 0.717) is 23.4 Å². The number of nitrogens with one attached hydrogen (secondary N) is 2. The molecule has 0 amide bonds. The summed E-state index contributed by atoms with van der Waals surface area (Å²) >= 11 is 0. The van der Waals surface area contributed by atoms with E-state index in [9.17, 15) is 4.39 Å². The van der Waals surface area contributed by atoms with Gasteiger partial charge in [-0.2, -0.15) is 0 Å². The molecule has 0 bridgehead atoms. The van der Waals surface area contributed by atoms with Crippen molar-refractivity contribution in [3.05, 3.63) is 100 Å². The zero-order valence-corrected chi connectivity index (χ0v) is 19.3. The average Bonchev–Trinajstić information content (AvgIpc) is 3.31. The number of hydrogen-bond acceptors (Lipinski definition) is 3. The van der Waals surface area contributed by atoms with E-state index in [1.165, 1.54) is 11.6 Å². The van der Waals surface area contributed by atoms with Crippen LogP contribution in [0.15, 0.2) is 66.8 Å². The number of halogens is 1. The molecule has 32 heavy (non-hydrogen) atoms. The summed E-state index contributed by atoms with van der Waals surface area (Å²) in [7, 11) is 1.97. The molecule has 0 saturated carbocycles. The predicted octanol–water partition coefficient (Wildman–Crippen LogP) is 6.35. The van der Waals surface area contributed by atoms with Crippen molar-refractivity contribution < 1.29 is 4.39 Å². The summed E-state index contributed by atoms with van der Waals surface area (Å²) < 4.78 is 13.9. The maximum Gasteiger partial charge on any atom is 0.126 e. The Balaban J connectivity index is 0.000000380. The molecule has 2 aromatic carbocycles. The number of hydrogen-bond donors (Lipinski definition) is 3. The molecule has 3 nitrogen and oxygen atoms in total. The molecule has 0 aromatic heterocycles. The molecule has 4 heteroatoms. The van der Waals surface area contributed by atoms with Gasteiger partial charge in [0.1, 0.15) is 5.82 Å². The quantitative estimate of drug-likeness (QED) is 0.337. The van der Waals surface area contributed by atoms with Crippen LogP contribution in [0, 0.1) is 11.2 Å². The van der Waals surface area contributed by atoms with Gasteiger partial charge in [0.2, 0.25) is 0 Å². The second-order valence-electron chi connectivity index (χ2n) is 7.59. The summed E-state index contributed by atoms with van der Waals surface area (Å²) in [5.41, 5.74) is 12.6. The lowest BCUT2D eigenvalue weighted by atomic mass is 9.93. The highest BCUT2D eigenvalue weighted by Crippen LogP contribution is 2.24. The van der Waals surface area contributed by atoms with Crippen LogP contribution in [0.1, 0.15) is 48.1 Å². The minimum absolute atomic E-state index is 0.214. The molecule has 168 valence electrons. The highest BCUT2D eigenvalue weighted by Gasteiger charge is 2.12.